The Hall–Kier alpha value is -3.95. The minimum Gasteiger partial charge on any atom is -0.459 e. The molecule has 3 rings (SSSR count). The van der Waals surface area contributed by atoms with Gasteiger partial charge in [0.05, 0.1) is 6.26 Å². The number of anilines is 2. The fourth-order valence-corrected chi connectivity index (χ4v) is 2.44. The molecule has 10 heteroatoms. The van der Waals surface area contributed by atoms with Crippen LogP contribution in [-0.4, -0.2) is 32.9 Å². The highest BCUT2D eigenvalue weighted by Crippen LogP contribution is 2.08. The van der Waals surface area contributed by atoms with Gasteiger partial charge in [0, 0.05) is 6.42 Å². The lowest BCUT2D eigenvalue weighted by Gasteiger charge is -2.17. The number of nitrogens with zero attached hydrogens (tertiary/aromatic N) is 3. The van der Waals surface area contributed by atoms with Crippen LogP contribution in [0.3, 0.4) is 0 Å². The van der Waals surface area contributed by atoms with E-state index in [0.29, 0.717) is 0 Å². The molecule has 1 amide bonds. The van der Waals surface area contributed by atoms with Gasteiger partial charge in [-0.2, -0.15) is 15.0 Å². The number of hydrogen-bond donors (Lipinski definition) is 3. The van der Waals surface area contributed by atoms with Gasteiger partial charge in [-0.25, -0.2) is 4.79 Å². The number of nitrogens with one attached hydrogen (secondary N) is 1. The van der Waals surface area contributed by atoms with Crippen LogP contribution in [0.5, 0.6) is 0 Å². The third kappa shape index (κ3) is 5.04. The number of nitrogen functional groups attached to an aromatic ring is 2. The molecule has 1 atom stereocenters. The van der Waals surface area contributed by atoms with Crippen LogP contribution >= 0.6 is 0 Å². The Labute approximate surface area is 159 Å². The molecule has 0 aliphatic rings. The molecule has 0 bridgehead atoms. The van der Waals surface area contributed by atoms with E-state index >= 15 is 0 Å². The van der Waals surface area contributed by atoms with Crippen LogP contribution in [-0.2, 0) is 22.6 Å². The second-order valence-electron chi connectivity index (χ2n) is 5.77. The maximum Gasteiger partial charge on any atom is 0.329 e. The van der Waals surface area contributed by atoms with Crippen molar-refractivity contribution in [1.82, 2.24) is 20.3 Å². The lowest BCUT2D eigenvalue weighted by molar-refractivity contribution is -0.147. The van der Waals surface area contributed by atoms with Crippen molar-refractivity contribution in [3.05, 3.63) is 65.9 Å². The summed E-state index contributed by atoms with van der Waals surface area (Å²) >= 11 is 0. The Bertz CT molecular complexity index is 926. The summed E-state index contributed by atoms with van der Waals surface area (Å²) in [6.45, 7) is -0.266. The molecule has 3 aromatic rings. The summed E-state index contributed by atoms with van der Waals surface area (Å²) in [6, 6.07) is 11.3. The van der Waals surface area contributed by atoms with Crippen LogP contribution in [0.2, 0.25) is 0 Å². The molecule has 2 heterocycles. The van der Waals surface area contributed by atoms with Crippen LogP contribution in [0, 0.1) is 0 Å². The van der Waals surface area contributed by atoms with Gasteiger partial charge in [-0.1, -0.05) is 30.3 Å². The first kappa shape index (κ1) is 18.8. The summed E-state index contributed by atoms with van der Waals surface area (Å²) in [4.78, 5) is 36.2. The third-order valence-corrected chi connectivity index (χ3v) is 3.68. The van der Waals surface area contributed by atoms with E-state index in [1.807, 2.05) is 30.3 Å². The maximum absolute atomic E-state index is 12.6. The van der Waals surface area contributed by atoms with Gasteiger partial charge in [-0.05, 0) is 17.7 Å². The van der Waals surface area contributed by atoms with Crippen LogP contribution in [0.25, 0.3) is 0 Å². The molecule has 144 valence electrons. The molecule has 0 fully saturated rings. The predicted molar refractivity (Wildman–Crippen MR) is 98.6 cm³/mol. The zero-order valence-corrected chi connectivity index (χ0v) is 14.7. The minimum absolute atomic E-state index is 0.0782. The van der Waals surface area contributed by atoms with Gasteiger partial charge in [0.15, 0.2) is 18.2 Å². The van der Waals surface area contributed by atoms with Gasteiger partial charge in [-0.3, -0.25) is 4.79 Å². The van der Waals surface area contributed by atoms with Crippen molar-refractivity contribution in [3.8, 4) is 0 Å². The average molecular weight is 382 g/mol. The third-order valence-electron chi connectivity index (χ3n) is 3.68. The number of hydrogen-bond acceptors (Lipinski definition) is 9. The first-order chi connectivity index (χ1) is 13.5. The topological polar surface area (TPSA) is 159 Å². The fraction of sp³-hybridized carbons (Fsp3) is 0.167. The lowest BCUT2D eigenvalue weighted by Crippen LogP contribution is -2.43. The average Bonchev–Trinajstić information content (AvgIpc) is 3.20. The number of aromatic nitrogens is 3. The molecule has 1 unspecified atom stereocenters. The predicted octanol–water partition coefficient (Wildman–Crippen LogP) is 0.713. The van der Waals surface area contributed by atoms with Gasteiger partial charge in [-0.15, -0.1) is 0 Å². The van der Waals surface area contributed by atoms with E-state index in [1.54, 1.807) is 6.07 Å². The van der Waals surface area contributed by atoms with Gasteiger partial charge >= 0.3 is 5.97 Å². The van der Waals surface area contributed by atoms with E-state index < -0.39 is 17.9 Å². The molecular weight excluding hydrogens is 364 g/mol. The number of amides is 1. The molecular formula is C18H18N6O4. The van der Waals surface area contributed by atoms with Crippen molar-refractivity contribution in [2.24, 2.45) is 0 Å². The van der Waals surface area contributed by atoms with E-state index in [0.717, 1.165) is 5.56 Å². The number of carbonyl (C=O) groups is 2. The minimum atomic E-state index is -0.948. The van der Waals surface area contributed by atoms with E-state index in [9.17, 15) is 9.59 Å². The van der Waals surface area contributed by atoms with E-state index in [1.165, 1.54) is 12.3 Å². The summed E-state index contributed by atoms with van der Waals surface area (Å²) < 4.78 is 10.3. The number of nitrogens with two attached hydrogens (primary N) is 2. The molecule has 0 radical (unpaired) electrons. The highest BCUT2D eigenvalue weighted by molar-refractivity contribution is 5.94. The number of benzene rings is 1. The molecule has 10 nitrogen and oxygen atoms in total. The van der Waals surface area contributed by atoms with Crippen molar-refractivity contribution < 1.29 is 18.7 Å². The van der Waals surface area contributed by atoms with Crippen molar-refractivity contribution in [2.45, 2.75) is 19.1 Å². The van der Waals surface area contributed by atoms with Gasteiger partial charge in [0.2, 0.25) is 11.9 Å². The molecule has 2 aromatic heterocycles. The van der Waals surface area contributed by atoms with Gasteiger partial charge < -0.3 is 25.9 Å². The van der Waals surface area contributed by atoms with Crippen molar-refractivity contribution in [1.29, 1.82) is 0 Å². The van der Waals surface area contributed by atoms with E-state index in [4.69, 9.17) is 20.6 Å². The van der Waals surface area contributed by atoms with Gasteiger partial charge in [0.1, 0.15) is 6.04 Å². The summed E-state index contributed by atoms with van der Waals surface area (Å²) in [5.41, 5.74) is 11.8. The summed E-state index contributed by atoms with van der Waals surface area (Å²) in [5.74, 6) is -1.16. The second-order valence-corrected chi connectivity index (χ2v) is 5.77. The SMILES string of the molecule is Nc1nc(N)nc(COC(=O)C(Cc2ccccc2)NC(=O)c2ccco2)n1. The normalized spacial score (nSPS) is 11.6. The zero-order valence-electron chi connectivity index (χ0n) is 14.7. The quantitative estimate of drug-likeness (QED) is 0.500. The van der Waals surface area contributed by atoms with E-state index in [2.05, 4.69) is 20.3 Å². The maximum atomic E-state index is 12.6. The van der Waals surface area contributed by atoms with Crippen LogP contribution in [0.1, 0.15) is 21.9 Å². The van der Waals surface area contributed by atoms with Crippen LogP contribution < -0.4 is 16.8 Å². The first-order valence-corrected chi connectivity index (χ1v) is 8.32. The number of rotatable bonds is 7. The number of ether oxygens (including phenoxy) is 1. The van der Waals surface area contributed by atoms with Crippen LogP contribution in [0.15, 0.2) is 53.1 Å². The molecule has 28 heavy (non-hydrogen) atoms. The van der Waals surface area contributed by atoms with Crippen molar-refractivity contribution in [2.75, 3.05) is 11.5 Å². The summed E-state index contributed by atoms with van der Waals surface area (Å²) in [6.07, 6.45) is 1.60. The summed E-state index contributed by atoms with van der Waals surface area (Å²) in [5, 5.41) is 2.62. The number of esters is 1. The lowest BCUT2D eigenvalue weighted by atomic mass is 10.1. The van der Waals surface area contributed by atoms with E-state index in [-0.39, 0.29) is 36.5 Å². The highest BCUT2D eigenvalue weighted by atomic mass is 16.5. The highest BCUT2D eigenvalue weighted by Gasteiger charge is 2.25. The first-order valence-electron chi connectivity index (χ1n) is 8.32. The monoisotopic (exact) mass is 382 g/mol. The zero-order chi connectivity index (χ0) is 19.9. The van der Waals surface area contributed by atoms with Crippen LogP contribution in [0.4, 0.5) is 11.9 Å². The molecule has 0 saturated heterocycles. The van der Waals surface area contributed by atoms with Crippen molar-refractivity contribution in [3.63, 3.8) is 0 Å². The number of furan rings is 1. The fourth-order valence-electron chi connectivity index (χ4n) is 2.44. The molecule has 0 aliphatic carbocycles. The summed E-state index contributed by atoms with van der Waals surface area (Å²) in [7, 11) is 0. The molecule has 5 N–H and O–H groups in total. The molecule has 1 aromatic carbocycles. The van der Waals surface area contributed by atoms with Crippen molar-refractivity contribution >= 4 is 23.8 Å². The largest absolute Gasteiger partial charge is 0.459 e. The molecule has 0 saturated carbocycles. The molecule has 0 aliphatic heterocycles. The molecule has 0 spiro atoms. The van der Waals surface area contributed by atoms with Gasteiger partial charge in [0.25, 0.3) is 5.91 Å². The number of carbonyl (C=O) groups excluding carboxylic acids is 2. The Morgan fingerprint density at radius 2 is 1.75 bits per heavy atom. The Morgan fingerprint density at radius 1 is 1.04 bits per heavy atom. The Balaban J connectivity index is 1.71. The standard InChI is InChI=1S/C18H18N6O4/c19-17-22-14(23-18(20)24-17)10-28-16(26)12(9-11-5-2-1-3-6-11)21-15(25)13-7-4-8-27-13/h1-8,12H,9-10H2,(H,21,25)(H4,19,20,22,23,24). The smallest absolute Gasteiger partial charge is 0.329 e. The Morgan fingerprint density at radius 3 is 2.39 bits per heavy atom. The second kappa shape index (κ2) is 8.62. The Kier molecular flexibility index (Phi) is 5.80.